The van der Waals surface area contributed by atoms with Gasteiger partial charge in [0.2, 0.25) is 0 Å². The normalized spacial score (nSPS) is 20.5. The fourth-order valence-corrected chi connectivity index (χ4v) is 2.61. The monoisotopic (exact) mass is 321 g/mol. The smallest absolute Gasteiger partial charge is 0.149 e. The third kappa shape index (κ3) is 2.50. The molecule has 17 heavy (non-hydrogen) atoms. The van der Waals surface area contributed by atoms with Gasteiger partial charge in [0, 0.05) is 23.1 Å². The van der Waals surface area contributed by atoms with Crippen molar-refractivity contribution in [2.24, 2.45) is 0 Å². The molecule has 1 N–H and O–H groups in total. The van der Waals surface area contributed by atoms with E-state index in [1.165, 1.54) is 0 Å². The Morgan fingerprint density at radius 3 is 2.59 bits per heavy atom. The van der Waals surface area contributed by atoms with Gasteiger partial charge in [-0.2, -0.15) is 0 Å². The van der Waals surface area contributed by atoms with Crippen molar-refractivity contribution in [2.45, 2.75) is 18.4 Å². The van der Waals surface area contributed by atoms with Gasteiger partial charge in [-0.15, -0.1) is 0 Å². The molecule has 1 saturated heterocycles. The zero-order valence-electron chi connectivity index (χ0n) is 9.51. The lowest BCUT2D eigenvalue weighted by atomic mass is 9.84. The van der Waals surface area contributed by atoms with Crippen molar-refractivity contribution in [3.8, 4) is 0 Å². The summed E-state index contributed by atoms with van der Waals surface area (Å²) in [4.78, 5) is 2.12. The molecular formula is C12H14BrClFNO. The van der Waals surface area contributed by atoms with E-state index in [2.05, 4.69) is 20.8 Å². The summed E-state index contributed by atoms with van der Waals surface area (Å²) in [5.74, 6) is -0.520. The Kier molecular flexibility index (Phi) is 3.78. The fourth-order valence-electron chi connectivity index (χ4n) is 2.14. The van der Waals surface area contributed by atoms with Gasteiger partial charge in [0.1, 0.15) is 5.82 Å². The van der Waals surface area contributed by atoms with Crippen LogP contribution in [0.25, 0.3) is 0 Å². The summed E-state index contributed by atoms with van der Waals surface area (Å²) in [5, 5.41) is 10.6. The van der Waals surface area contributed by atoms with Crippen LogP contribution in [0, 0.1) is 5.82 Å². The maximum atomic E-state index is 14.1. The molecule has 5 heteroatoms. The van der Waals surface area contributed by atoms with Crippen LogP contribution in [0.2, 0.25) is 5.02 Å². The van der Waals surface area contributed by atoms with Crippen LogP contribution in [0.4, 0.5) is 4.39 Å². The van der Waals surface area contributed by atoms with E-state index in [4.69, 9.17) is 11.6 Å². The largest absolute Gasteiger partial charge is 0.385 e. The van der Waals surface area contributed by atoms with Crippen LogP contribution in [0.3, 0.4) is 0 Å². The zero-order valence-corrected chi connectivity index (χ0v) is 11.9. The lowest BCUT2D eigenvalue weighted by Crippen LogP contribution is -2.41. The van der Waals surface area contributed by atoms with Gasteiger partial charge in [0.15, 0.2) is 0 Å². The summed E-state index contributed by atoms with van der Waals surface area (Å²) in [6, 6.07) is 3.29. The highest BCUT2D eigenvalue weighted by atomic mass is 79.9. The fraction of sp³-hybridized carbons (Fsp3) is 0.500. The van der Waals surface area contributed by atoms with Gasteiger partial charge in [0.05, 0.1) is 10.6 Å². The first-order valence-electron chi connectivity index (χ1n) is 5.49. The second kappa shape index (κ2) is 4.84. The van der Waals surface area contributed by atoms with E-state index in [0.717, 1.165) is 13.1 Å². The van der Waals surface area contributed by atoms with Gasteiger partial charge in [-0.05, 0) is 41.9 Å². The molecule has 0 aliphatic carbocycles. The molecule has 1 aliphatic heterocycles. The summed E-state index contributed by atoms with van der Waals surface area (Å²) < 4.78 is 14.6. The zero-order chi connectivity index (χ0) is 12.6. The quantitative estimate of drug-likeness (QED) is 0.803. The molecule has 94 valence electrons. The Hall–Kier alpha value is -0.160. The van der Waals surface area contributed by atoms with Crippen molar-refractivity contribution in [2.75, 3.05) is 20.1 Å². The molecule has 1 aliphatic rings. The highest BCUT2D eigenvalue weighted by molar-refractivity contribution is 9.10. The van der Waals surface area contributed by atoms with E-state index >= 15 is 0 Å². The lowest BCUT2D eigenvalue weighted by molar-refractivity contribution is -0.0230. The molecule has 1 heterocycles. The van der Waals surface area contributed by atoms with E-state index in [1.807, 2.05) is 7.05 Å². The maximum Gasteiger partial charge on any atom is 0.149 e. The first-order chi connectivity index (χ1) is 7.94. The minimum absolute atomic E-state index is 0.0369. The number of hydrogen-bond acceptors (Lipinski definition) is 2. The van der Waals surface area contributed by atoms with Crippen molar-refractivity contribution in [1.82, 2.24) is 4.90 Å². The molecule has 0 amide bonds. The highest BCUT2D eigenvalue weighted by Crippen LogP contribution is 2.38. The van der Waals surface area contributed by atoms with Crippen LogP contribution in [-0.4, -0.2) is 30.1 Å². The Labute approximate surface area is 114 Å². The summed E-state index contributed by atoms with van der Waals surface area (Å²) >= 11 is 9.02. The van der Waals surface area contributed by atoms with E-state index < -0.39 is 11.4 Å². The minimum atomic E-state index is -1.10. The first kappa shape index (κ1) is 13.3. The number of nitrogens with zero attached hydrogens (tertiary/aromatic N) is 1. The standard InChI is InChI=1S/C12H14BrClFNO/c1-16-6-4-12(17,5-7-16)8-2-3-9(13)10(14)11(8)15/h2-3,17H,4-7H2,1H3. The molecule has 2 rings (SSSR count). The molecular weight excluding hydrogens is 308 g/mol. The molecule has 0 unspecified atom stereocenters. The topological polar surface area (TPSA) is 23.5 Å². The summed E-state index contributed by atoms with van der Waals surface area (Å²) in [6.07, 6.45) is 1.05. The molecule has 0 saturated carbocycles. The van der Waals surface area contributed by atoms with Crippen LogP contribution in [0.1, 0.15) is 18.4 Å². The average Bonchev–Trinajstić information content (AvgIpc) is 2.30. The predicted octanol–water partition coefficient (Wildman–Crippen LogP) is 3.15. The van der Waals surface area contributed by atoms with E-state index in [0.29, 0.717) is 22.9 Å². The SMILES string of the molecule is CN1CCC(O)(c2ccc(Br)c(Cl)c2F)CC1. The Morgan fingerprint density at radius 1 is 1.41 bits per heavy atom. The molecule has 0 aromatic heterocycles. The Bertz CT molecular complexity index is 433. The molecule has 1 aromatic rings. The number of likely N-dealkylation sites (tertiary alicyclic amines) is 1. The molecule has 0 bridgehead atoms. The molecule has 0 atom stereocenters. The van der Waals surface area contributed by atoms with Crippen LogP contribution in [0.15, 0.2) is 16.6 Å². The van der Waals surface area contributed by atoms with Crippen molar-refractivity contribution in [3.05, 3.63) is 33.0 Å². The number of hydrogen-bond donors (Lipinski definition) is 1. The molecule has 1 fully saturated rings. The third-order valence-electron chi connectivity index (χ3n) is 3.35. The Morgan fingerprint density at radius 2 is 2.00 bits per heavy atom. The van der Waals surface area contributed by atoms with E-state index in [1.54, 1.807) is 12.1 Å². The van der Waals surface area contributed by atoms with Crippen LogP contribution in [-0.2, 0) is 5.60 Å². The van der Waals surface area contributed by atoms with Crippen LogP contribution < -0.4 is 0 Å². The molecule has 0 radical (unpaired) electrons. The van der Waals surface area contributed by atoms with Crippen LogP contribution in [0.5, 0.6) is 0 Å². The summed E-state index contributed by atoms with van der Waals surface area (Å²) in [5.41, 5.74) is -0.792. The van der Waals surface area contributed by atoms with Crippen molar-refractivity contribution >= 4 is 27.5 Å². The molecule has 1 aromatic carbocycles. The first-order valence-corrected chi connectivity index (χ1v) is 6.66. The van der Waals surface area contributed by atoms with Gasteiger partial charge in [-0.25, -0.2) is 4.39 Å². The number of rotatable bonds is 1. The van der Waals surface area contributed by atoms with Gasteiger partial charge in [-0.3, -0.25) is 0 Å². The van der Waals surface area contributed by atoms with E-state index in [9.17, 15) is 9.50 Å². The molecule has 0 spiro atoms. The summed E-state index contributed by atoms with van der Waals surface area (Å²) in [7, 11) is 1.99. The number of halogens is 3. The van der Waals surface area contributed by atoms with Gasteiger partial charge < -0.3 is 10.0 Å². The lowest BCUT2D eigenvalue weighted by Gasteiger charge is -2.37. The van der Waals surface area contributed by atoms with Crippen LogP contribution >= 0.6 is 27.5 Å². The number of benzene rings is 1. The summed E-state index contributed by atoms with van der Waals surface area (Å²) in [6.45, 7) is 1.51. The molecule has 2 nitrogen and oxygen atoms in total. The third-order valence-corrected chi connectivity index (χ3v) is 4.61. The second-order valence-corrected chi connectivity index (χ2v) is 5.79. The van der Waals surface area contributed by atoms with E-state index in [-0.39, 0.29) is 5.02 Å². The van der Waals surface area contributed by atoms with Crippen molar-refractivity contribution < 1.29 is 9.50 Å². The number of aliphatic hydroxyl groups is 1. The highest BCUT2D eigenvalue weighted by Gasteiger charge is 2.36. The average molecular weight is 323 g/mol. The maximum absolute atomic E-state index is 14.1. The van der Waals surface area contributed by atoms with Gasteiger partial charge in [0.25, 0.3) is 0 Å². The minimum Gasteiger partial charge on any atom is -0.385 e. The Balaban J connectivity index is 2.37. The second-order valence-electron chi connectivity index (χ2n) is 4.56. The predicted molar refractivity (Wildman–Crippen MR) is 69.7 cm³/mol. The van der Waals surface area contributed by atoms with Gasteiger partial charge in [-0.1, -0.05) is 17.7 Å². The van der Waals surface area contributed by atoms with Gasteiger partial charge >= 0.3 is 0 Å². The van der Waals surface area contributed by atoms with Crippen molar-refractivity contribution in [1.29, 1.82) is 0 Å². The number of piperidine rings is 1. The van der Waals surface area contributed by atoms with Crippen molar-refractivity contribution in [3.63, 3.8) is 0 Å².